The van der Waals surface area contributed by atoms with Crippen molar-refractivity contribution >= 4 is 5.91 Å². The number of nitrogens with one attached hydrogen (secondary N) is 1. The Morgan fingerprint density at radius 2 is 2.29 bits per heavy atom. The third-order valence-electron chi connectivity index (χ3n) is 4.85. The highest BCUT2D eigenvalue weighted by Crippen LogP contribution is 2.32. The lowest BCUT2D eigenvalue weighted by molar-refractivity contribution is -0.139. The number of aromatic amines is 1. The molecule has 1 aromatic heterocycles. The van der Waals surface area contributed by atoms with E-state index in [4.69, 9.17) is 4.74 Å². The number of nitrogens with zero attached hydrogens (tertiary/aromatic N) is 2. The van der Waals surface area contributed by atoms with Gasteiger partial charge < -0.3 is 9.64 Å². The van der Waals surface area contributed by atoms with E-state index in [-0.39, 0.29) is 17.6 Å². The molecule has 4 rings (SSSR count). The van der Waals surface area contributed by atoms with Crippen LogP contribution in [0.3, 0.4) is 0 Å². The number of piperidine rings is 1. The fourth-order valence-electron chi connectivity index (χ4n) is 3.63. The Kier molecular flexibility index (Phi) is 3.75. The molecule has 2 aliphatic rings. The van der Waals surface area contributed by atoms with Gasteiger partial charge in [-0.2, -0.15) is 5.10 Å². The molecular weight excluding hydrogens is 309 g/mol. The minimum absolute atomic E-state index is 0.0106. The lowest BCUT2D eigenvalue weighted by atomic mass is 9.94. The molecule has 3 heterocycles. The van der Waals surface area contributed by atoms with Gasteiger partial charge in [-0.1, -0.05) is 0 Å². The number of halogens is 1. The summed E-state index contributed by atoms with van der Waals surface area (Å²) < 4.78 is 19.1. The van der Waals surface area contributed by atoms with Crippen LogP contribution in [0.5, 0.6) is 5.75 Å². The number of benzene rings is 1. The number of aryl methyl sites for hydroxylation is 1. The van der Waals surface area contributed by atoms with Crippen LogP contribution in [0.4, 0.5) is 4.39 Å². The van der Waals surface area contributed by atoms with Crippen LogP contribution in [0, 0.1) is 12.7 Å². The maximum atomic E-state index is 13.3. The number of ether oxygens (including phenoxy) is 1. The quantitative estimate of drug-likeness (QED) is 0.921. The SMILES string of the molecule is Cc1cc([C@H]2CCCN(C(=O)[C@@H]3Cc4cc(F)ccc4O3)C2)n[nH]1. The number of carbonyl (C=O) groups excluding carboxylic acids is 1. The van der Waals surface area contributed by atoms with Gasteiger partial charge >= 0.3 is 0 Å². The zero-order chi connectivity index (χ0) is 16.7. The summed E-state index contributed by atoms with van der Waals surface area (Å²) in [7, 11) is 0. The van der Waals surface area contributed by atoms with Crippen LogP contribution in [-0.2, 0) is 11.2 Å². The van der Waals surface area contributed by atoms with Crippen molar-refractivity contribution in [2.24, 2.45) is 0 Å². The summed E-state index contributed by atoms with van der Waals surface area (Å²) in [6.45, 7) is 3.38. The summed E-state index contributed by atoms with van der Waals surface area (Å²) in [5.41, 5.74) is 2.82. The highest BCUT2D eigenvalue weighted by atomic mass is 19.1. The molecule has 1 fully saturated rings. The van der Waals surface area contributed by atoms with E-state index >= 15 is 0 Å². The van der Waals surface area contributed by atoms with Crippen molar-refractivity contribution in [2.45, 2.75) is 38.2 Å². The Bertz CT molecular complexity index is 773. The van der Waals surface area contributed by atoms with Crippen molar-refractivity contribution in [3.8, 4) is 5.75 Å². The standard InChI is InChI=1S/C18H20FN3O2/c1-11-7-15(21-20-11)12-3-2-6-22(10-12)18(23)17-9-13-8-14(19)4-5-16(13)24-17/h4-5,7-8,12,17H,2-3,6,9-10H2,1H3,(H,20,21)/t12-,17-/m0/s1. The molecular formula is C18H20FN3O2. The van der Waals surface area contributed by atoms with Crippen molar-refractivity contribution in [3.05, 3.63) is 47.0 Å². The maximum absolute atomic E-state index is 13.3. The van der Waals surface area contributed by atoms with Crippen LogP contribution >= 0.6 is 0 Å². The maximum Gasteiger partial charge on any atom is 0.264 e. The number of carbonyl (C=O) groups is 1. The Labute approximate surface area is 139 Å². The first-order valence-electron chi connectivity index (χ1n) is 8.36. The van der Waals surface area contributed by atoms with Gasteiger partial charge in [-0.3, -0.25) is 9.89 Å². The average Bonchev–Trinajstić information content (AvgIpc) is 3.20. The van der Waals surface area contributed by atoms with Gasteiger partial charge in [0.25, 0.3) is 5.91 Å². The molecule has 0 bridgehead atoms. The number of aromatic nitrogens is 2. The Balaban J connectivity index is 1.45. The minimum Gasteiger partial charge on any atom is -0.480 e. The molecule has 0 saturated carbocycles. The molecule has 2 aromatic rings. The molecule has 0 radical (unpaired) electrons. The first kappa shape index (κ1) is 15.2. The zero-order valence-electron chi connectivity index (χ0n) is 13.6. The lowest BCUT2D eigenvalue weighted by Gasteiger charge is -2.33. The number of rotatable bonds is 2. The van der Waals surface area contributed by atoms with E-state index in [0.29, 0.717) is 18.7 Å². The number of H-pyrrole nitrogens is 1. The number of fused-ring (bicyclic) bond motifs is 1. The molecule has 0 unspecified atom stereocenters. The van der Waals surface area contributed by atoms with Crippen LogP contribution in [0.25, 0.3) is 0 Å². The molecule has 1 aromatic carbocycles. The van der Waals surface area contributed by atoms with Gasteiger partial charge in [0.05, 0.1) is 5.69 Å². The second-order valence-corrected chi connectivity index (χ2v) is 6.66. The molecule has 0 aliphatic carbocycles. The topological polar surface area (TPSA) is 58.2 Å². The van der Waals surface area contributed by atoms with Crippen molar-refractivity contribution in [1.29, 1.82) is 0 Å². The van der Waals surface area contributed by atoms with Crippen molar-refractivity contribution < 1.29 is 13.9 Å². The Morgan fingerprint density at radius 1 is 1.42 bits per heavy atom. The van der Waals surface area contributed by atoms with E-state index in [2.05, 4.69) is 10.2 Å². The van der Waals surface area contributed by atoms with E-state index in [9.17, 15) is 9.18 Å². The molecule has 0 spiro atoms. The lowest BCUT2D eigenvalue weighted by Crippen LogP contribution is -2.46. The molecule has 2 atom stereocenters. The molecule has 5 nitrogen and oxygen atoms in total. The molecule has 126 valence electrons. The molecule has 1 N–H and O–H groups in total. The van der Waals surface area contributed by atoms with E-state index < -0.39 is 6.10 Å². The second-order valence-electron chi connectivity index (χ2n) is 6.66. The van der Waals surface area contributed by atoms with Crippen LogP contribution < -0.4 is 4.74 Å². The van der Waals surface area contributed by atoms with Crippen LogP contribution in [-0.4, -0.2) is 40.2 Å². The fraction of sp³-hybridized carbons (Fsp3) is 0.444. The third-order valence-corrected chi connectivity index (χ3v) is 4.85. The van der Waals surface area contributed by atoms with Gasteiger partial charge in [-0.25, -0.2) is 4.39 Å². The normalized spacial score (nSPS) is 23.0. The van der Waals surface area contributed by atoms with E-state index in [1.807, 2.05) is 17.9 Å². The predicted octanol–water partition coefficient (Wildman–Crippen LogP) is 2.57. The van der Waals surface area contributed by atoms with Gasteiger partial charge in [0.15, 0.2) is 6.10 Å². The van der Waals surface area contributed by atoms with Crippen molar-refractivity contribution in [2.75, 3.05) is 13.1 Å². The fourth-order valence-corrected chi connectivity index (χ4v) is 3.63. The summed E-state index contributed by atoms with van der Waals surface area (Å²) >= 11 is 0. The molecule has 6 heteroatoms. The molecule has 1 amide bonds. The number of amides is 1. The minimum atomic E-state index is -0.540. The summed E-state index contributed by atoms with van der Waals surface area (Å²) in [6, 6.07) is 6.46. The first-order valence-corrected chi connectivity index (χ1v) is 8.36. The third kappa shape index (κ3) is 2.77. The molecule has 24 heavy (non-hydrogen) atoms. The highest BCUT2D eigenvalue weighted by Gasteiger charge is 2.35. The van der Waals surface area contributed by atoms with Gasteiger partial charge in [0, 0.05) is 36.7 Å². The average molecular weight is 329 g/mol. The summed E-state index contributed by atoms with van der Waals surface area (Å²) in [4.78, 5) is 14.7. The Morgan fingerprint density at radius 3 is 3.08 bits per heavy atom. The van der Waals surface area contributed by atoms with Gasteiger partial charge in [0.2, 0.25) is 0 Å². The second kappa shape index (κ2) is 5.92. The largest absolute Gasteiger partial charge is 0.480 e. The van der Waals surface area contributed by atoms with E-state index in [0.717, 1.165) is 36.3 Å². The van der Waals surface area contributed by atoms with Gasteiger partial charge in [-0.15, -0.1) is 0 Å². The van der Waals surface area contributed by atoms with Crippen molar-refractivity contribution in [3.63, 3.8) is 0 Å². The summed E-state index contributed by atoms with van der Waals surface area (Å²) in [5.74, 6) is 0.570. The van der Waals surface area contributed by atoms with Crippen LogP contribution in [0.15, 0.2) is 24.3 Å². The van der Waals surface area contributed by atoms with Gasteiger partial charge in [0.1, 0.15) is 11.6 Å². The number of hydrogen-bond donors (Lipinski definition) is 1. The Hall–Kier alpha value is -2.37. The van der Waals surface area contributed by atoms with E-state index in [1.165, 1.54) is 12.1 Å². The zero-order valence-corrected chi connectivity index (χ0v) is 13.6. The summed E-state index contributed by atoms with van der Waals surface area (Å²) in [6.07, 6.45) is 1.89. The van der Waals surface area contributed by atoms with Crippen LogP contribution in [0.1, 0.15) is 35.7 Å². The highest BCUT2D eigenvalue weighted by molar-refractivity contribution is 5.82. The van der Waals surface area contributed by atoms with E-state index in [1.54, 1.807) is 6.07 Å². The van der Waals surface area contributed by atoms with Crippen molar-refractivity contribution in [1.82, 2.24) is 15.1 Å². The number of hydrogen-bond acceptors (Lipinski definition) is 3. The number of likely N-dealkylation sites (tertiary alicyclic amines) is 1. The predicted molar refractivity (Wildman–Crippen MR) is 86.4 cm³/mol. The smallest absolute Gasteiger partial charge is 0.264 e. The molecule has 2 aliphatic heterocycles. The van der Waals surface area contributed by atoms with Gasteiger partial charge in [-0.05, 0) is 44.0 Å². The summed E-state index contributed by atoms with van der Waals surface area (Å²) in [5, 5.41) is 7.31. The first-order chi connectivity index (χ1) is 11.6. The molecule has 1 saturated heterocycles. The monoisotopic (exact) mass is 329 g/mol. The van der Waals surface area contributed by atoms with Crippen LogP contribution in [0.2, 0.25) is 0 Å².